The van der Waals surface area contributed by atoms with E-state index >= 15 is 0 Å². The van der Waals surface area contributed by atoms with Crippen LogP contribution in [-0.2, 0) is 6.42 Å². The lowest BCUT2D eigenvalue weighted by atomic mass is 10.1. The molecule has 1 aromatic carbocycles. The Labute approximate surface area is 164 Å². The highest BCUT2D eigenvalue weighted by Crippen LogP contribution is 2.40. The Hall–Kier alpha value is -2.34. The van der Waals surface area contributed by atoms with Gasteiger partial charge >= 0.3 is 0 Å². The highest BCUT2D eigenvalue weighted by Gasteiger charge is 2.39. The summed E-state index contributed by atoms with van der Waals surface area (Å²) < 4.78 is 12.0. The average Bonchev–Trinajstić information content (AvgIpc) is 2.62. The van der Waals surface area contributed by atoms with Crippen LogP contribution in [0.1, 0.15) is 32.8 Å². The average molecular weight is 386 g/mol. The number of hydrogen-bond acceptors (Lipinski definition) is 5. The summed E-state index contributed by atoms with van der Waals surface area (Å²) in [5.74, 6) is 1.63. The quantitative estimate of drug-likeness (QED) is 0.370. The topological polar surface area (TPSA) is 55.7 Å². The normalized spacial score (nSPS) is 12.2. The molecule has 0 bridgehead atoms. The fourth-order valence-corrected chi connectivity index (χ4v) is 3.25. The molecule has 0 aliphatic carbocycles. The molecular weight excluding hydrogens is 354 g/mol. The minimum absolute atomic E-state index is 0.148. The van der Waals surface area contributed by atoms with Gasteiger partial charge in [0, 0.05) is 18.6 Å². The van der Waals surface area contributed by atoms with Crippen molar-refractivity contribution in [2.45, 2.75) is 51.7 Å². The number of pyridine rings is 1. The van der Waals surface area contributed by atoms with E-state index in [9.17, 15) is 0 Å². The van der Waals surface area contributed by atoms with E-state index in [1.54, 1.807) is 19.5 Å². The maximum absolute atomic E-state index is 6.41. The van der Waals surface area contributed by atoms with Crippen LogP contribution < -0.4 is 14.6 Å². The van der Waals surface area contributed by atoms with Crippen LogP contribution in [0.4, 0.5) is 5.69 Å². The van der Waals surface area contributed by atoms with Crippen molar-refractivity contribution in [3.8, 4) is 11.5 Å². The number of benzene rings is 1. The predicted octanol–water partition coefficient (Wildman–Crippen LogP) is 5.50. The van der Waals surface area contributed by atoms with Crippen LogP contribution in [0.2, 0.25) is 18.1 Å². The van der Waals surface area contributed by atoms with Crippen molar-refractivity contribution in [2.24, 2.45) is 5.10 Å². The third-order valence-corrected chi connectivity index (χ3v) is 9.27. The standard InChI is InChI=1S/C21H31N3O2Si/c1-21(2,3)27(5,6)26-19-10-9-17(16-20(19)25-4)8-7-13-23-24-18-11-14-22-15-12-18/h9-16H,7-8H2,1-6H3,(H,22,24). The van der Waals surface area contributed by atoms with Gasteiger partial charge in [0.2, 0.25) is 0 Å². The second kappa shape index (κ2) is 9.04. The predicted molar refractivity (Wildman–Crippen MR) is 115 cm³/mol. The number of hydrazone groups is 1. The molecule has 0 saturated heterocycles. The molecule has 6 heteroatoms. The van der Waals surface area contributed by atoms with Crippen molar-refractivity contribution in [1.29, 1.82) is 0 Å². The van der Waals surface area contributed by atoms with E-state index in [2.05, 4.69) is 61.5 Å². The fraction of sp³-hybridized carbons (Fsp3) is 0.429. The molecule has 0 atom stereocenters. The van der Waals surface area contributed by atoms with Crippen LogP contribution in [0.25, 0.3) is 0 Å². The fourth-order valence-electron chi connectivity index (χ4n) is 2.22. The third-order valence-electron chi connectivity index (χ3n) is 4.93. The molecule has 0 spiro atoms. The largest absolute Gasteiger partial charge is 0.541 e. The van der Waals surface area contributed by atoms with Gasteiger partial charge < -0.3 is 9.16 Å². The van der Waals surface area contributed by atoms with Gasteiger partial charge in [-0.3, -0.25) is 10.4 Å². The molecular formula is C21H31N3O2Si. The molecule has 5 nitrogen and oxygen atoms in total. The molecule has 1 N–H and O–H groups in total. The molecule has 0 aliphatic heterocycles. The van der Waals surface area contributed by atoms with E-state index in [0.29, 0.717) is 0 Å². The van der Waals surface area contributed by atoms with Crippen LogP contribution in [0.15, 0.2) is 47.8 Å². The van der Waals surface area contributed by atoms with Gasteiger partial charge in [0.25, 0.3) is 8.32 Å². The monoisotopic (exact) mass is 385 g/mol. The molecule has 2 rings (SSSR count). The van der Waals surface area contributed by atoms with Crippen molar-refractivity contribution in [3.05, 3.63) is 48.3 Å². The first-order chi connectivity index (χ1) is 12.7. The Morgan fingerprint density at radius 2 is 1.81 bits per heavy atom. The van der Waals surface area contributed by atoms with Crippen LogP contribution in [0.5, 0.6) is 11.5 Å². The second-order valence-corrected chi connectivity index (χ2v) is 12.8. The molecule has 0 radical (unpaired) electrons. The summed E-state index contributed by atoms with van der Waals surface area (Å²) in [6, 6.07) is 9.95. The zero-order chi connectivity index (χ0) is 19.9. The number of nitrogens with one attached hydrogen (secondary N) is 1. The number of aryl methyl sites for hydroxylation is 1. The molecule has 0 aliphatic rings. The summed E-state index contributed by atoms with van der Waals surface area (Å²) >= 11 is 0. The molecule has 0 unspecified atom stereocenters. The van der Waals surface area contributed by atoms with Gasteiger partial charge in [-0.05, 0) is 60.8 Å². The maximum atomic E-state index is 6.41. The summed E-state index contributed by atoms with van der Waals surface area (Å²) in [6.07, 6.45) is 7.07. The van der Waals surface area contributed by atoms with E-state index < -0.39 is 8.32 Å². The Bertz CT molecular complexity index is 756. The van der Waals surface area contributed by atoms with E-state index in [4.69, 9.17) is 9.16 Å². The zero-order valence-electron chi connectivity index (χ0n) is 17.2. The maximum Gasteiger partial charge on any atom is 0.250 e. The smallest absolute Gasteiger partial charge is 0.250 e. The SMILES string of the molecule is COc1cc(CCC=NNc2ccncc2)ccc1O[Si](C)(C)C(C)(C)C. The first-order valence-electron chi connectivity index (χ1n) is 9.26. The highest BCUT2D eigenvalue weighted by molar-refractivity contribution is 6.74. The minimum atomic E-state index is -1.89. The number of hydrogen-bond donors (Lipinski definition) is 1. The highest BCUT2D eigenvalue weighted by atomic mass is 28.4. The lowest BCUT2D eigenvalue weighted by molar-refractivity contribution is 0.385. The number of aromatic nitrogens is 1. The van der Waals surface area contributed by atoms with Gasteiger partial charge in [-0.2, -0.15) is 5.10 Å². The lowest BCUT2D eigenvalue weighted by Gasteiger charge is -2.36. The molecule has 1 heterocycles. The molecule has 0 fully saturated rings. The van der Waals surface area contributed by atoms with E-state index in [-0.39, 0.29) is 5.04 Å². The lowest BCUT2D eigenvalue weighted by Crippen LogP contribution is -2.43. The number of methoxy groups -OCH3 is 1. The van der Waals surface area contributed by atoms with Crippen LogP contribution >= 0.6 is 0 Å². The number of nitrogens with zero attached hydrogens (tertiary/aromatic N) is 2. The molecule has 1 aromatic heterocycles. The van der Waals surface area contributed by atoms with Gasteiger partial charge in [-0.25, -0.2) is 0 Å². The van der Waals surface area contributed by atoms with Crippen molar-refractivity contribution in [2.75, 3.05) is 12.5 Å². The van der Waals surface area contributed by atoms with Gasteiger partial charge in [-0.1, -0.05) is 26.8 Å². The summed E-state index contributed by atoms with van der Waals surface area (Å²) in [4.78, 5) is 3.98. The summed E-state index contributed by atoms with van der Waals surface area (Å²) in [6.45, 7) is 11.2. The third kappa shape index (κ3) is 6.10. The zero-order valence-corrected chi connectivity index (χ0v) is 18.2. The van der Waals surface area contributed by atoms with Crippen molar-refractivity contribution >= 4 is 20.2 Å². The van der Waals surface area contributed by atoms with Crippen LogP contribution in [-0.4, -0.2) is 26.6 Å². The minimum Gasteiger partial charge on any atom is -0.541 e. The molecule has 146 valence electrons. The van der Waals surface area contributed by atoms with E-state index in [1.807, 2.05) is 24.4 Å². The number of anilines is 1. The Morgan fingerprint density at radius 3 is 2.44 bits per heavy atom. The Balaban J connectivity index is 1.95. The van der Waals surface area contributed by atoms with Crippen LogP contribution in [0, 0.1) is 0 Å². The van der Waals surface area contributed by atoms with Gasteiger partial charge in [0.05, 0.1) is 12.8 Å². The van der Waals surface area contributed by atoms with Crippen molar-refractivity contribution < 1.29 is 9.16 Å². The number of rotatable bonds is 8. The summed E-state index contributed by atoms with van der Waals surface area (Å²) in [5, 5.41) is 4.39. The second-order valence-electron chi connectivity index (χ2n) is 8.05. The molecule has 0 amide bonds. The molecule has 0 saturated carbocycles. The Morgan fingerprint density at radius 1 is 1.11 bits per heavy atom. The van der Waals surface area contributed by atoms with Gasteiger partial charge in [-0.15, -0.1) is 0 Å². The summed E-state index contributed by atoms with van der Waals surface area (Å²) in [7, 11) is -0.201. The van der Waals surface area contributed by atoms with Crippen molar-refractivity contribution in [1.82, 2.24) is 4.98 Å². The number of ether oxygens (including phenoxy) is 1. The van der Waals surface area contributed by atoms with Gasteiger partial charge in [0.15, 0.2) is 5.75 Å². The van der Waals surface area contributed by atoms with E-state index in [0.717, 1.165) is 30.0 Å². The molecule has 27 heavy (non-hydrogen) atoms. The Kier molecular flexibility index (Phi) is 7.02. The first kappa shape index (κ1) is 21.0. The van der Waals surface area contributed by atoms with Crippen molar-refractivity contribution in [3.63, 3.8) is 0 Å². The summed E-state index contributed by atoms with van der Waals surface area (Å²) in [5.41, 5.74) is 5.12. The van der Waals surface area contributed by atoms with Gasteiger partial charge in [0.1, 0.15) is 5.75 Å². The van der Waals surface area contributed by atoms with Crippen LogP contribution in [0.3, 0.4) is 0 Å². The van der Waals surface area contributed by atoms with E-state index in [1.165, 1.54) is 5.56 Å². The first-order valence-corrected chi connectivity index (χ1v) is 12.2. The molecule has 2 aromatic rings.